The van der Waals surface area contributed by atoms with E-state index in [-0.39, 0.29) is 24.8 Å². The van der Waals surface area contributed by atoms with E-state index >= 15 is 0 Å². The van der Waals surface area contributed by atoms with Gasteiger partial charge in [0, 0.05) is 32.1 Å². The fourth-order valence-corrected chi connectivity index (χ4v) is 4.83. The summed E-state index contributed by atoms with van der Waals surface area (Å²) in [6.45, 7) is 6.63. The number of carbonyl (C=O) groups excluding carboxylic acids is 2. The maximum atomic E-state index is 13.3. The Morgan fingerprint density at radius 3 is 2.34 bits per heavy atom. The molecule has 2 aromatic rings. The third kappa shape index (κ3) is 8.28. The molecule has 35 heavy (non-hydrogen) atoms. The summed E-state index contributed by atoms with van der Waals surface area (Å²) in [5.74, 6) is 0.164. The molecular weight excluding hydrogens is 466 g/mol. The SMILES string of the molecule is CCNC(=O)[C@@H](CC)N(Cc1ccc(C)cc1)C(=O)CCCN(c1cccc(OC)c1)S(C)(=O)=O. The Bertz CT molecular complexity index is 1090. The van der Waals surface area contributed by atoms with E-state index in [9.17, 15) is 18.0 Å². The van der Waals surface area contributed by atoms with Crippen molar-refractivity contribution in [2.45, 2.75) is 52.6 Å². The van der Waals surface area contributed by atoms with Crippen molar-refractivity contribution in [2.75, 3.05) is 30.8 Å². The molecule has 8 nitrogen and oxygen atoms in total. The minimum absolute atomic E-state index is 0.109. The van der Waals surface area contributed by atoms with Crippen molar-refractivity contribution in [3.8, 4) is 5.75 Å². The van der Waals surface area contributed by atoms with Gasteiger partial charge < -0.3 is 15.0 Å². The molecule has 0 aliphatic rings. The molecule has 192 valence electrons. The first-order valence-electron chi connectivity index (χ1n) is 11.8. The molecule has 0 bridgehead atoms. The van der Waals surface area contributed by atoms with E-state index in [0.717, 1.165) is 17.4 Å². The molecule has 1 N–H and O–H groups in total. The molecule has 0 heterocycles. The molecule has 0 aliphatic heterocycles. The Labute approximate surface area is 209 Å². The topological polar surface area (TPSA) is 96.0 Å². The van der Waals surface area contributed by atoms with Crippen molar-refractivity contribution in [1.29, 1.82) is 0 Å². The van der Waals surface area contributed by atoms with Crippen LogP contribution in [0.3, 0.4) is 0 Å². The lowest BCUT2D eigenvalue weighted by atomic mass is 10.1. The van der Waals surface area contributed by atoms with Crippen LogP contribution in [0, 0.1) is 6.92 Å². The number of likely N-dealkylation sites (N-methyl/N-ethyl adjacent to an activating group) is 1. The lowest BCUT2D eigenvalue weighted by molar-refractivity contribution is -0.141. The van der Waals surface area contributed by atoms with Crippen molar-refractivity contribution in [3.05, 3.63) is 59.7 Å². The predicted molar refractivity (Wildman–Crippen MR) is 139 cm³/mol. The van der Waals surface area contributed by atoms with Gasteiger partial charge in [-0.1, -0.05) is 42.8 Å². The number of carbonyl (C=O) groups is 2. The van der Waals surface area contributed by atoms with E-state index in [1.165, 1.54) is 11.4 Å². The Hall–Kier alpha value is -3.07. The van der Waals surface area contributed by atoms with Gasteiger partial charge in [-0.05, 0) is 44.4 Å². The van der Waals surface area contributed by atoms with E-state index in [2.05, 4.69) is 5.32 Å². The molecule has 0 spiro atoms. The fourth-order valence-electron chi connectivity index (χ4n) is 3.87. The van der Waals surface area contributed by atoms with Gasteiger partial charge in [0.25, 0.3) is 0 Å². The highest BCUT2D eigenvalue weighted by Gasteiger charge is 2.28. The quantitative estimate of drug-likeness (QED) is 0.451. The third-order valence-corrected chi connectivity index (χ3v) is 6.90. The minimum atomic E-state index is -3.57. The highest BCUT2D eigenvalue weighted by atomic mass is 32.2. The summed E-state index contributed by atoms with van der Waals surface area (Å²) < 4.78 is 31.4. The maximum Gasteiger partial charge on any atom is 0.242 e. The van der Waals surface area contributed by atoms with Crippen molar-refractivity contribution >= 4 is 27.5 Å². The zero-order chi connectivity index (χ0) is 26.0. The number of sulfonamides is 1. The molecule has 0 unspecified atom stereocenters. The largest absolute Gasteiger partial charge is 0.497 e. The molecule has 9 heteroatoms. The first kappa shape index (κ1) is 28.2. The van der Waals surface area contributed by atoms with Crippen molar-refractivity contribution in [3.63, 3.8) is 0 Å². The summed E-state index contributed by atoms with van der Waals surface area (Å²) in [5, 5.41) is 2.82. The molecule has 0 aromatic heterocycles. The maximum absolute atomic E-state index is 13.3. The second kappa shape index (κ2) is 13.1. The standard InChI is InChI=1S/C26H37N3O5S/c1-6-24(26(31)27-7-2)28(19-21-15-13-20(3)14-16-21)25(30)12-9-17-29(35(5,32)33)22-10-8-11-23(18-22)34-4/h8,10-11,13-16,18,24H,6-7,9,12,17,19H2,1-5H3,(H,27,31)/t24-/m1/s1. The molecule has 2 rings (SSSR count). The number of nitrogens with one attached hydrogen (secondary N) is 1. The molecular formula is C26H37N3O5S. The van der Waals surface area contributed by atoms with Crippen LogP contribution in [0.5, 0.6) is 5.75 Å². The Morgan fingerprint density at radius 1 is 1.09 bits per heavy atom. The monoisotopic (exact) mass is 503 g/mol. The van der Waals surface area contributed by atoms with Crippen molar-refractivity contribution < 1.29 is 22.7 Å². The van der Waals surface area contributed by atoms with Gasteiger partial charge in [0.1, 0.15) is 11.8 Å². The highest BCUT2D eigenvalue weighted by molar-refractivity contribution is 7.92. The van der Waals surface area contributed by atoms with Crippen LogP contribution >= 0.6 is 0 Å². The third-order valence-electron chi connectivity index (χ3n) is 5.70. The summed E-state index contributed by atoms with van der Waals surface area (Å²) in [5.41, 5.74) is 2.52. The van der Waals surface area contributed by atoms with Gasteiger partial charge in [-0.15, -0.1) is 0 Å². The van der Waals surface area contributed by atoms with E-state index in [0.29, 0.717) is 37.4 Å². The molecule has 0 fully saturated rings. The van der Waals surface area contributed by atoms with Gasteiger partial charge in [0.05, 0.1) is 19.1 Å². The van der Waals surface area contributed by atoms with E-state index in [1.54, 1.807) is 29.2 Å². The number of ether oxygens (including phenoxy) is 1. The van der Waals surface area contributed by atoms with Gasteiger partial charge in [-0.2, -0.15) is 0 Å². The average Bonchev–Trinajstić information content (AvgIpc) is 2.82. The lowest BCUT2D eigenvalue weighted by Crippen LogP contribution is -2.49. The van der Waals surface area contributed by atoms with Crippen LogP contribution < -0.4 is 14.4 Å². The number of hydrogen-bond donors (Lipinski definition) is 1. The molecule has 0 saturated heterocycles. The molecule has 2 aromatic carbocycles. The number of rotatable bonds is 13. The number of benzene rings is 2. The zero-order valence-electron chi connectivity index (χ0n) is 21.3. The highest BCUT2D eigenvalue weighted by Crippen LogP contribution is 2.24. The van der Waals surface area contributed by atoms with Gasteiger partial charge >= 0.3 is 0 Å². The first-order chi connectivity index (χ1) is 16.6. The molecule has 0 aliphatic carbocycles. The predicted octanol–water partition coefficient (Wildman–Crippen LogP) is 3.49. The number of nitrogens with zero attached hydrogens (tertiary/aromatic N) is 2. The number of aryl methyl sites for hydroxylation is 1. The van der Waals surface area contributed by atoms with Crippen molar-refractivity contribution in [1.82, 2.24) is 10.2 Å². The molecule has 2 amide bonds. The van der Waals surface area contributed by atoms with Crippen LogP contribution in [-0.2, 0) is 26.2 Å². The minimum Gasteiger partial charge on any atom is -0.497 e. The second-order valence-electron chi connectivity index (χ2n) is 8.47. The summed E-state index contributed by atoms with van der Waals surface area (Å²) in [7, 11) is -2.05. The summed E-state index contributed by atoms with van der Waals surface area (Å²) in [4.78, 5) is 27.7. The van der Waals surface area contributed by atoms with Crippen LogP contribution in [0.4, 0.5) is 5.69 Å². The van der Waals surface area contributed by atoms with Crippen molar-refractivity contribution in [2.24, 2.45) is 0 Å². The van der Waals surface area contributed by atoms with Gasteiger partial charge in [-0.25, -0.2) is 8.42 Å². The normalized spacial score (nSPS) is 12.0. The molecule has 1 atom stereocenters. The summed E-state index contributed by atoms with van der Waals surface area (Å²) in [6.07, 6.45) is 2.03. The Kier molecular flexibility index (Phi) is 10.6. The lowest BCUT2D eigenvalue weighted by Gasteiger charge is -2.31. The van der Waals surface area contributed by atoms with Crippen LogP contribution in [0.2, 0.25) is 0 Å². The van der Waals surface area contributed by atoms with E-state index in [1.807, 2.05) is 45.0 Å². The Balaban J connectivity index is 2.20. The number of methoxy groups -OCH3 is 1. The van der Waals surface area contributed by atoms with Crippen LogP contribution in [0.25, 0.3) is 0 Å². The molecule has 0 radical (unpaired) electrons. The van der Waals surface area contributed by atoms with Gasteiger partial charge in [-0.3, -0.25) is 13.9 Å². The molecule has 0 saturated carbocycles. The number of anilines is 1. The van der Waals surface area contributed by atoms with Crippen LogP contribution in [-0.4, -0.2) is 57.6 Å². The van der Waals surface area contributed by atoms with Gasteiger partial charge in [0.2, 0.25) is 21.8 Å². The van der Waals surface area contributed by atoms with Crippen LogP contribution in [0.15, 0.2) is 48.5 Å². The van der Waals surface area contributed by atoms with E-state index < -0.39 is 16.1 Å². The summed E-state index contributed by atoms with van der Waals surface area (Å²) in [6, 6.07) is 14.1. The van der Waals surface area contributed by atoms with E-state index in [4.69, 9.17) is 4.74 Å². The number of amides is 2. The van der Waals surface area contributed by atoms with Gasteiger partial charge in [0.15, 0.2) is 0 Å². The average molecular weight is 504 g/mol. The number of hydrogen-bond acceptors (Lipinski definition) is 5. The summed E-state index contributed by atoms with van der Waals surface area (Å²) >= 11 is 0. The first-order valence-corrected chi connectivity index (χ1v) is 13.7. The van der Waals surface area contributed by atoms with Crippen LogP contribution in [0.1, 0.15) is 44.2 Å². The smallest absolute Gasteiger partial charge is 0.242 e. The zero-order valence-corrected chi connectivity index (χ0v) is 22.1. The fraction of sp³-hybridized carbons (Fsp3) is 0.462. The second-order valence-corrected chi connectivity index (χ2v) is 10.4. The Morgan fingerprint density at radius 2 is 1.77 bits per heavy atom.